The number of nitrogens with zero attached hydrogens (tertiary/aromatic N) is 2. The van der Waals surface area contributed by atoms with Crippen LogP contribution in [0, 0.1) is 11.3 Å². The van der Waals surface area contributed by atoms with Crippen molar-refractivity contribution in [1.29, 1.82) is 5.26 Å². The summed E-state index contributed by atoms with van der Waals surface area (Å²) in [5.74, 6) is 0. The smallest absolute Gasteiger partial charge is 0.297 e. The Morgan fingerprint density at radius 2 is 2.05 bits per heavy atom. The molecule has 1 aromatic heterocycles. The summed E-state index contributed by atoms with van der Waals surface area (Å²) in [4.78, 5) is 26.6. The number of nitriles is 1. The zero-order chi connectivity index (χ0) is 14.9. The second-order valence-corrected chi connectivity index (χ2v) is 4.78. The van der Waals surface area contributed by atoms with Gasteiger partial charge in [0, 0.05) is 0 Å². The summed E-state index contributed by atoms with van der Waals surface area (Å²) in [5, 5.41) is 9.03. The number of nitrogens with one attached hydrogen (secondary N) is 1. The van der Waals surface area contributed by atoms with Gasteiger partial charge in [0.25, 0.3) is 5.56 Å². The van der Waals surface area contributed by atoms with E-state index in [0.717, 1.165) is 4.57 Å². The Hall–Kier alpha value is -2.03. The maximum atomic E-state index is 12.3. The fraction of sp³-hybridized carbons (Fsp3) is 0.154. The van der Waals surface area contributed by atoms with Crippen LogP contribution in [0.5, 0.6) is 0 Å². The molecule has 5 nitrogen and oxygen atoms in total. The Morgan fingerprint density at radius 3 is 2.60 bits per heavy atom. The molecule has 0 aliphatic carbocycles. The fourth-order valence-electron chi connectivity index (χ4n) is 1.82. The van der Waals surface area contributed by atoms with Crippen LogP contribution in [0.25, 0.3) is 5.69 Å². The number of aromatic amines is 1. The Balaban J connectivity index is 2.77. The average Bonchev–Trinajstić information content (AvgIpc) is 2.39. The molecule has 0 radical (unpaired) electrons. The lowest BCUT2D eigenvalue weighted by Crippen LogP contribution is -2.36. The van der Waals surface area contributed by atoms with Crippen molar-refractivity contribution < 1.29 is 0 Å². The first-order chi connectivity index (χ1) is 9.49. The van der Waals surface area contributed by atoms with Gasteiger partial charge in [-0.25, -0.2) is 9.36 Å². The Bertz CT molecular complexity index is 831. The monoisotopic (exact) mass is 309 g/mol. The van der Waals surface area contributed by atoms with Gasteiger partial charge in [-0.05, 0) is 24.6 Å². The normalized spacial score (nSPS) is 10.3. The van der Waals surface area contributed by atoms with Gasteiger partial charge in [-0.15, -0.1) is 0 Å². The number of hydrogen-bond donors (Lipinski definition) is 1. The quantitative estimate of drug-likeness (QED) is 0.864. The third kappa shape index (κ3) is 2.36. The molecule has 0 fully saturated rings. The van der Waals surface area contributed by atoms with Gasteiger partial charge in [0.05, 0.1) is 21.8 Å². The van der Waals surface area contributed by atoms with Gasteiger partial charge in [0.1, 0.15) is 11.2 Å². The van der Waals surface area contributed by atoms with Gasteiger partial charge in [0.2, 0.25) is 0 Å². The molecular formula is C13H9Cl2N3O2. The predicted molar refractivity (Wildman–Crippen MR) is 76.8 cm³/mol. The molecule has 0 aliphatic heterocycles. The maximum absolute atomic E-state index is 12.3. The molecule has 0 saturated carbocycles. The van der Waals surface area contributed by atoms with E-state index in [1.54, 1.807) is 6.92 Å². The third-order valence-electron chi connectivity index (χ3n) is 2.83. The number of aromatic nitrogens is 2. The van der Waals surface area contributed by atoms with Crippen molar-refractivity contribution in [2.24, 2.45) is 0 Å². The van der Waals surface area contributed by atoms with Crippen LogP contribution in [0.4, 0.5) is 0 Å². The predicted octanol–water partition coefficient (Wildman–Crippen LogP) is 2.27. The highest BCUT2D eigenvalue weighted by Gasteiger charge is 2.13. The zero-order valence-electron chi connectivity index (χ0n) is 10.4. The second kappa shape index (κ2) is 5.53. The van der Waals surface area contributed by atoms with Crippen LogP contribution in [-0.2, 0) is 6.42 Å². The van der Waals surface area contributed by atoms with Gasteiger partial charge in [0.15, 0.2) is 0 Å². The van der Waals surface area contributed by atoms with Crippen LogP contribution < -0.4 is 11.2 Å². The number of H-pyrrole nitrogens is 1. The van der Waals surface area contributed by atoms with E-state index in [2.05, 4.69) is 4.98 Å². The third-order valence-corrected chi connectivity index (χ3v) is 3.47. The van der Waals surface area contributed by atoms with Crippen LogP contribution in [0.3, 0.4) is 0 Å². The highest BCUT2D eigenvalue weighted by Crippen LogP contribution is 2.18. The largest absolute Gasteiger partial charge is 0.334 e. The first-order valence-electron chi connectivity index (χ1n) is 5.73. The van der Waals surface area contributed by atoms with Gasteiger partial charge < -0.3 is 0 Å². The van der Waals surface area contributed by atoms with Crippen LogP contribution >= 0.6 is 23.2 Å². The molecule has 0 saturated heterocycles. The van der Waals surface area contributed by atoms with Gasteiger partial charge in [-0.2, -0.15) is 5.26 Å². The zero-order valence-corrected chi connectivity index (χ0v) is 11.9. The maximum Gasteiger partial charge on any atom is 0.334 e. The van der Waals surface area contributed by atoms with Crippen molar-refractivity contribution in [3.05, 3.63) is 60.3 Å². The van der Waals surface area contributed by atoms with E-state index in [1.807, 2.05) is 6.07 Å². The molecule has 1 N–H and O–H groups in total. The standard InChI is InChI=1S/C13H9Cl2N3O2/c1-2-9-11(15)17-13(20)18(12(9)19)8-4-3-7(6-16)10(14)5-8/h3-5H,2H2,1H3,(H,17,20). The van der Waals surface area contributed by atoms with Crippen molar-refractivity contribution in [1.82, 2.24) is 9.55 Å². The molecule has 2 rings (SSSR count). The Morgan fingerprint density at radius 1 is 1.35 bits per heavy atom. The highest BCUT2D eigenvalue weighted by atomic mass is 35.5. The Labute approximate surface area is 124 Å². The van der Waals surface area contributed by atoms with Crippen LogP contribution in [0.2, 0.25) is 10.2 Å². The minimum absolute atomic E-state index is 0.0403. The highest BCUT2D eigenvalue weighted by molar-refractivity contribution is 6.32. The minimum atomic E-state index is -0.655. The molecular weight excluding hydrogens is 301 g/mol. The Kier molecular flexibility index (Phi) is 3.98. The molecule has 0 amide bonds. The number of rotatable bonds is 2. The van der Waals surface area contributed by atoms with Crippen molar-refractivity contribution in [3.63, 3.8) is 0 Å². The molecule has 7 heteroatoms. The van der Waals surface area contributed by atoms with E-state index >= 15 is 0 Å². The first-order valence-corrected chi connectivity index (χ1v) is 6.49. The average molecular weight is 310 g/mol. The van der Waals surface area contributed by atoms with Gasteiger partial charge in [-0.1, -0.05) is 30.1 Å². The van der Waals surface area contributed by atoms with E-state index in [9.17, 15) is 9.59 Å². The minimum Gasteiger partial charge on any atom is -0.297 e. The lowest BCUT2D eigenvalue weighted by atomic mass is 10.2. The molecule has 1 heterocycles. The van der Waals surface area contributed by atoms with Crippen LogP contribution in [0.1, 0.15) is 18.1 Å². The lowest BCUT2D eigenvalue weighted by molar-refractivity contribution is 0.842. The van der Waals surface area contributed by atoms with E-state index in [4.69, 9.17) is 28.5 Å². The van der Waals surface area contributed by atoms with Crippen LogP contribution in [0.15, 0.2) is 27.8 Å². The summed E-state index contributed by atoms with van der Waals surface area (Å²) in [5.41, 5.74) is -0.289. The van der Waals surface area contributed by atoms with Crippen molar-refractivity contribution in [2.75, 3.05) is 0 Å². The van der Waals surface area contributed by atoms with Crippen molar-refractivity contribution >= 4 is 23.2 Å². The van der Waals surface area contributed by atoms with E-state index in [0.29, 0.717) is 12.0 Å². The summed E-state index contributed by atoms with van der Waals surface area (Å²) in [6.07, 6.45) is 0.387. The molecule has 0 aliphatic rings. The molecule has 0 bridgehead atoms. The molecule has 1 aromatic carbocycles. The number of hydrogen-bond acceptors (Lipinski definition) is 3. The molecule has 2 aromatic rings. The van der Waals surface area contributed by atoms with Crippen molar-refractivity contribution in [3.8, 4) is 11.8 Å². The summed E-state index contributed by atoms with van der Waals surface area (Å²) < 4.78 is 0.942. The SMILES string of the molecule is CCc1c(Cl)[nH]c(=O)n(-c2ccc(C#N)c(Cl)c2)c1=O. The molecule has 102 valence electrons. The number of halogens is 2. The summed E-state index contributed by atoms with van der Waals surface area (Å²) in [7, 11) is 0. The fourth-order valence-corrected chi connectivity index (χ4v) is 2.33. The number of benzene rings is 1. The summed E-state index contributed by atoms with van der Waals surface area (Å²) in [6.45, 7) is 1.76. The molecule has 0 unspecified atom stereocenters. The molecule has 0 atom stereocenters. The van der Waals surface area contributed by atoms with Crippen molar-refractivity contribution in [2.45, 2.75) is 13.3 Å². The van der Waals surface area contributed by atoms with Crippen LogP contribution in [-0.4, -0.2) is 9.55 Å². The summed E-state index contributed by atoms with van der Waals surface area (Å²) in [6, 6.07) is 6.23. The first kappa shape index (κ1) is 14.4. The topological polar surface area (TPSA) is 78.7 Å². The second-order valence-electron chi connectivity index (χ2n) is 3.99. The van der Waals surface area contributed by atoms with E-state index in [1.165, 1.54) is 18.2 Å². The van der Waals surface area contributed by atoms with Gasteiger partial charge >= 0.3 is 5.69 Å². The van der Waals surface area contributed by atoms with E-state index in [-0.39, 0.29) is 21.4 Å². The lowest BCUT2D eigenvalue weighted by Gasteiger charge is -2.08. The summed E-state index contributed by atoms with van der Waals surface area (Å²) >= 11 is 11.7. The molecule has 0 spiro atoms. The van der Waals surface area contributed by atoms with E-state index < -0.39 is 11.2 Å². The van der Waals surface area contributed by atoms with Gasteiger partial charge in [-0.3, -0.25) is 9.78 Å². The molecule has 20 heavy (non-hydrogen) atoms.